The first-order chi connectivity index (χ1) is 14.4. The fourth-order valence-corrected chi connectivity index (χ4v) is 4.11. The molecule has 7 nitrogen and oxygen atoms in total. The van der Waals surface area contributed by atoms with Crippen LogP contribution in [0.15, 0.2) is 30.5 Å². The summed E-state index contributed by atoms with van der Waals surface area (Å²) in [6.45, 7) is 2.66. The number of aromatic nitrogens is 2. The molecule has 0 bridgehead atoms. The molecule has 0 aliphatic rings. The maximum absolute atomic E-state index is 12.6. The first-order valence-electron chi connectivity index (χ1n) is 8.96. The Bertz CT molecular complexity index is 1060. The third kappa shape index (κ3) is 5.13. The van der Waals surface area contributed by atoms with Crippen LogP contribution in [0.1, 0.15) is 15.4 Å². The summed E-state index contributed by atoms with van der Waals surface area (Å²) in [6, 6.07) is 7.14. The number of methoxy groups -OCH3 is 2. The van der Waals surface area contributed by atoms with Crippen LogP contribution in [-0.4, -0.2) is 43.2 Å². The predicted octanol–water partition coefficient (Wildman–Crippen LogP) is 4.68. The number of carbonyl (C=O) groups is 1. The van der Waals surface area contributed by atoms with E-state index in [1.807, 2.05) is 25.1 Å². The summed E-state index contributed by atoms with van der Waals surface area (Å²) in [4.78, 5) is 21.8. The number of ether oxygens (including phenoxy) is 2. The molecule has 0 saturated heterocycles. The number of pyridine rings is 1. The van der Waals surface area contributed by atoms with Crippen molar-refractivity contribution in [1.82, 2.24) is 15.3 Å². The van der Waals surface area contributed by atoms with Crippen molar-refractivity contribution < 1.29 is 14.3 Å². The van der Waals surface area contributed by atoms with Crippen LogP contribution >= 0.6 is 34.5 Å². The van der Waals surface area contributed by atoms with Crippen molar-refractivity contribution in [2.45, 2.75) is 6.92 Å². The molecule has 2 heterocycles. The third-order valence-electron chi connectivity index (χ3n) is 4.14. The van der Waals surface area contributed by atoms with Gasteiger partial charge in [0.1, 0.15) is 15.7 Å². The summed E-state index contributed by atoms with van der Waals surface area (Å²) >= 11 is 13.2. The first kappa shape index (κ1) is 22.1. The van der Waals surface area contributed by atoms with Crippen LogP contribution < -0.4 is 20.1 Å². The average molecular weight is 467 g/mol. The number of halogens is 2. The van der Waals surface area contributed by atoms with Gasteiger partial charge in [-0.3, -0.25) is 4.79 Å². The Balaban J connectivity index is 1.62. The van der Waals surface area contributed by atoms with Crippen molar-refractivity contribution >= 4 is 46.3 Å². The molecular weight excluding hydrogens is 447 g/mol. The van der Waals surface area contributed by atoms with Gasteiger partial charge in [-0.05, 0) is 31.2 Å². The number of benzene rings is 1. The Labute approximate surface area is 188 Å². The minimum absolute atomic E-state index is 0.186. The highest BCUT2D eigenvalue weighted by Crippen LogP contribution is 2.35. The van der Waals surface area contributed by atoms with Crippen LogP contribution in [0.4, 0.5) is 5.82 Å². The van der Waals surface area contributed by atoms with Gasteiger partial charge in [-0.1, -0.05) is 23.2 Å². The zero-order valence-corrected chi connectivity index (χ0v) is 18.9. The molecule has 158 valence electrons. The molecule has 1 aromatic carbocycles. The molecule has 0 spiro atoms. The van der Waals surface area contributed by atoms with E-state index in [1.165, 1.54) is 17.5 Å². The van der Waals surface area contributed by atoms with Crippen LogP contribution in [0.2, 0.25) is 10.0 Å². The second-order valence-electron chi connectivity index (χ2n) is 6.17. The molecule has 0 saturated carbocycles. The normalized spacial score (nSPS) is 10.6. The monoisotopic (exact) mass is 466 g/mol. The van der Waals surface area contributed by atoms with Gasteiger partial charge in [-0.25, -0.2) is 9.97 Å². The number of thiazole rings is 1. The zero-order chi connectivity index (χ0) is 21.7. The summed E-state index contributed by atoms with van der Waals surface area (Å²) in [6.07, 6.45) is 1.50. The van der Waals surface area contributed by atoms with Gasteiger partial charge < -0.3 is 20.1 Å². The largest absolute Gasteiger partial charge is 0.493 e. The van der Waals surface area contributed by atoms with Crippen molar-refractivity contribution in [1.29, 1.82) is 0 Å². The Hall–Kier alpha value is -2.55. The Morgan fingerprint density at radius 3 is 2.60 bits per heavy atom. The maximum atomic E-state index is 12.6. The van der Waals surface area contributed by atoms with Crippen molar-refractivity contribution in [2.24, 2.45) is 0 Å². The molecule has 30 heavy (non-hydrogen) atoms. The molecule has 2 N–H and O–H groups in total. The number of aryl methyl sites for hydroxylation is 1. The number of hydrogen-bond acceptors (Lipinski definition) is 7. The van der Waals surface area contributed by atoms with Crippen LogP contribution in [0.3, 0.4) is 0 Å². The van der Waals surface area contributed by atoms with Crippen molar-refractivity contribution in [3.63, 3.8) is 0 Å². The third-order valence-corrected chi connectivity index (χ3v) is 5.84. The number of hydrogen-bond donors (Lipinski definition) is 2. The summed E-state index contributed by atoms with van der Waals surface area (Å²) < 4.78 is 10.6. The fraction of sp³-hybridized carbons (Fsp3) is 0.250. The summed E-state index contributed by atoms with van der Waals surface area (Å²) in [5.74, 6) is 1.57. The number of carbonyl (C=O) groups excluding carboxylic acids is 1. The average Bonchev–Trinajstić information content (AvgIpc) is 3.13. The first-order valence-corrected chi connectivity index (χ1v) is 10.5. The van der Waals surface area contributed by atoms with E-state index in [2.05, 4.69) is 20.6 Å². The van der Waals surface area contributed by atoms with E-state index in [-0.39, 0.29) is 5.91 Å². The molecule has 3 rings (SSSR count). The highest BCUT2D eigenvalue weighted by molar-refractivity contribution is 7.17. The van der Waals surface area contributed by atoms with E-state index in [1.54, 1.807) is 20.3 Å². The summed E-state index contributed by atoms with van der Waals surface area (Å²) in [5.41, 5.74) is 1.52. The molecule has 3 aromatic rings. The van der Waals surface area contributed by atoms with Gasteiger partial charge in [0.15, 0.2) is 11.5 Å². The lowest BCUT2D eigenvalue weighted by Gasteiger charge is -2.08. The summed E-state index contributed by atoms with van der Waals surface area (Å²) in [7, 11) is 3.16. The Morgan fingerprint density at radius 2 is 1.90 bits per heavy atom. The van der Waals surface area contributed by atoms with Gasteiger partial charge in [0, 0.05) is 24.8 Å². The number of anilines is 1. The Morgan fingerprint density at radius 1 is 1.13 bits per heavy atom. The van der Waals surface area contributed by atoms with Crippen molar-refractivity contribution in [2.75, 3.05) is 32.6 Å². The number of nitrogens with one attached hydrogen (secondary N) is 2. The molecule has 0 radical (unpaired) electrons. The molecule has 2 aromatic heterocycles. The van der Waals surface area contributed by atoms with Crippen LogP contribution in [0.5, 0.6) is 11.5 Å². The molecule has 1 amide bonds. The van der Waals surface area contributed by atoms with E-state index >= 15 is 0 Å². The zero-order valence-electron chi connectivity index (χ0n) is 16.6. The minimum atomic E-state index is -0.186. The van der Waals surface area contributed by atoms with Crippen molar-refractivity contribution in [3.8, 4) is 22.1 Å². The molecule has 10 heteroatoms. The Kier molecular flexibility index (Phi) is 7.36. The molecule has 0 aliphatic heterocycles. The highest BCUT2D eigenvalue weighted by atomic mass is 35.5. The minimum Gasteiger partial charge on any atom is -0.493 e. The standard InChI is InChI=1S/C20H20Cl2N4O3S/c1-11-17(19(27)24-7-6-23-18-14(22)9-13(21)10-25-18)30-20(26-11)12-4-5-15(28-2)16(8-12)29-3/h4-5,8-10H,6-7H2,1-3H3,(H,23,25)(H,24,27). The van der Waals surface area contributed by atoms with Crippen LogP contribution in [0.25, 0.3) is 10.6 Å². The second kappa shape index (κ2) is 9.97. The SMILES string of the molecule is COc1ccc(-c2nc(C)c(C(=O)NCCNc3ncc(Cl)cc3Cl)s2)cc1OC. The number of nitrogens with zero attached hydrogens (tertiary/aromatic N) is 2. The maximum Gasteiger partial charge on any atom is 0.263 e. The van der Waals surface area contributed by atoms with E-state index in [4.69, 9.17) is 32.7 Å². The smallest absolute Gasteiger partial charge is 0.263 e. The molecule has 0 atom stereocenters. The highest BCUT2D eigenvalue weighted by Gasteiger charge is 2.17. The van der Waals surface area contributed by atoms with Crippen LogP contribution in [-0.2, 0) is 0 Å². The number of amides is 1. The fourth-order valence-electron chi connectivity index (χ4n) is 2.68. The summed E-state index contributed by atoms with van der Waals surface area (Å²) in [5, 5.41) is 7.55. The second-order valence-corrected chi connectivity index (χ2v) is 8.01. The van der Waals surface area contributed by atoms with Gasteiger partial charge in [0.05, 0.1) is 30.0 Å². The van der Waals surface area contributed by atoms with Gasteiger partial charge >= 0.3 is 0 Å². The van der Waals surface area contributed by atoms with Crippen molar-refractivity contribution in [3.05, 3.63) is 51.1 Å². The van der Waals surface area contributed by atoms with Gasteiger partial charge in [0.2, 0.25) is 0 Å². The lowest BCUT2D eigenvalue weighted by molar-refractivity contribution is 0.0958. The molecular formula is C20H20Cl2N4O3S. The van der Waals surface area contributed by atoms with Gasteiger partial charge in [-0.15, -0.1) is 11.3 Å². The topological polar surface area (TPSA) is 85.4 Å². The van der Waals surface area contributed by atoms with E-state index in [9.17, 15) is 4.79 Å². The quantitative estimate of drug-likeness (QED) is 0.468. The van der Waals surface area contributed by atoms with Gasteiger partial charge in [-0.2, -0.15) is 0 Å². The number of rotatable bonds is 8. The van der Waals surface area contributed by atoms with E-state index < -0.39 is 0 Å². The molecule has 0 fully saturated rings. The lowest BCUT2D eigenvalue weighted by Crippen LogP contribution is -2.28. The van der Waals surface area contributed by atoms with Crippen LogP contribution in [0, 0.1) is 6.92 Å². The van der Waals surface area contributed by atoms with Gasteiger partial charge in [0.25, 0.3) is 5.91 Å². The predicted molar refractivity (Wildman–Crippen MR) is 120 cm³/mol. The van der Waals surface area contributed by atoms with E-state index in [0.717, 1.165) is 10.6 Å². The molecule has 0 aliphatic carbocycles. The molecule has 0 unspecified atom stereocenters. The lowest BCUT2D eigenvalue weighted by atomic mass is 10.2. The van der Waals surface area contributed by atoms with E-state index in [0.29, 0.717) is 51.0 Å².